The lowest BCUT2D eigenvalue weighted by Crippen LogP contribution is -2.25. The molecule has 1 aromatic heterocycles. The summed E-state index contributed by atoms with van der Waals surface area (Å²) in [7, 11) is 2.08. The Morgan fingerprint density at radius 3 is 3.08 bits per heavy atom. The van der Waals surface area contributed by atoms with Gasteiger partial charge in [-0.2, -0.15) is 5.26 Å². The molecule has 1 aliphatic rings. The van der Waals surface area contributed by atoms with Gasteiger partial charge in [0.1, 0.15) is 11.6 Å². The zero-order chi connectivity index (χ0) is 18.7. The Labute approximate surface area is 161 Å². The smallest absolute Gasteiger partial charge is 0.267 e. The molecule has 3 rings (SSSR count). The number of likely N-dealkylation sites (N-methyl/N-ethyl adjacent to an activating group) is 1. The lowest BCUT2D eigenvalue weighted by molar-refractivity contribution is -0.112. The molecule has 26 heavy (non-hydrogen) atoms. The van der Waals surface area contributed by atoms with Crippen LogP contribution in [0.4, 0.5) is 10.8 Å². The third-order valence-electron chi connectivity index (χ3n) is 4.14. The summed E-state index contributed by atoms with van der Waals surface area (Å²) in [6.07, 6.45) is 2.30. The Hall–Kier alpha value is -2.40. The van der Waals surface area contributed by atoms with Crippen molar-refractivity contribution in [3.63, 3.8) is 0 Å². The number of aromatic nitrogens is 1. The van der Waals surface area contributed by atoms with E-state index in [-0.39, 0.29) is 5.57 Å². The summed E-state index contributed by atoms with van der Waals surface area (Å²) < 4.78 is 0. The van der Waals surface area contributed by atoms with Gasteiger partial charge in [0, 0.05) is 41.3 Å². The molecular formula is C18H18ClN5OS. The second-order valence-corrected chi connectivity index (χ2v) is 7.55. The van der Waals surface area contributed by atoms with Crippen LogP contribution in [0.1, 0.15) is 16.1 Å². The molecule has 8 heteroatoms. The molecule has 1 aliphatic heterocycles. The van der Waals surface area contributed by atoms with Crippen LogP contribution < -0.4 is 10.6 Å². The number of hydrogen-bond acceptors (Lipinski definition) is 6. The molecule has 0 fully saturated rings. The van der Waals surface area contributed by atoms with Gasteiger partial charge in [0.05, 0.1) is 5.69 Å². The third-order valence-corrected chi connectivity index (χ3v) is 5.57. The van der Waals surface area contributed by atoms with Crippen molar-refractivity contribution < 1.29 is 4.79 Å². The van der Waals surface area contributed by atoms with Crippen molar-refractivity contribution in [3.05, 3.63) is 51.1 Å². The van der Waals surface area contributed by atoms with Crippen molar-refractivity contribution in [1.29, 1.82) is 5.26 Å². The first kappa shape index (κ1) is 18.4. The number of thiazole rings is 1. The molecule has 0 radical (unpaired) electrons. The van der Waals surface area contributed by atoms with Crippen LogP contribution in [0.15, 0.2) is 30.0 Å². The van der Waals surface area contributed by atoms with Crippen molar-refractivity contribution in [2.45, 2.75) is 19.9 Å². The number of fused-ring (bicyclic) bond motifs is 1. The normalized spacial score (nSPS) is 14.5. The van der Waals surface area contributed by atoms with E-state index in [1.165, 1.54) is 11.1 Å². The molecule has 0 saturated carbocycles. The molecular weight excluding hydrogens is 370 g/mol. The van der Waals surface area contributed by atoms with Gasteiger partial charge >= 0.3 is 0 Å². The van der Waals surface area contributed by atoms with Crippen LogP contribution in [0.3, 0.4) is 0 Å². The van der Waals surface area contributed by atoms with Gasteiger partial charge in [0.25, 0.3) is 5.91 Å². The van der Waals surface area contributed by atoms with Gasteiger partial charge in [-0.15, -0.1) is 11.3 Å². The van der Waals surface area contributed by atoms with Crippen LogP contribution >= 0.6 is 22.9 Å². The molecule has 0 aliphatic carbocycles. The summed E-state index contributed by atoms with van der Waals surface area (Å²) in [5.41, 5.74) is 2.39. The average molecular weight is 388 g/mol. The first-order valence-electron chi connectivity index (χ1n) is 8.08. The number of nitriles is 1. The summed E-state index contributed by atoms with van der Waals surface area (Å²) in [5, 5.41) is 16.2. The van der Waals surface area contributed by atoms with Gasteiger partial charge in [-0.25, -0.2) is 4.98 Å². The van der Waals surface area contributed by atoms with E-state index in [1.807, 2.05) is 13.0 Å². The van der Waals surface area contributed by atoms with Crippen molar-refractivity contribution >= 4 is 39.7 Å². The van der Waals surface area contributed by atoms with E-state index in [0.717, 1.165) is 30.8 Å². The maximum Gasteiger partial charge on any atom is 0.267 e. The number of nitrogens with one attached hydrogen (secondary N) is 2. The third kappa shape index (κ3) is 4.05. The Morgan fingerprint density at radius 1 is 1.50 bits per heavy atom. The number of hydrogen-bond donors (Lipinski definition) is 2. The molecule has 0 saturated heterocycles. The molecule has 2 heterocycles. The minimum atomic E-state index is -0.494. The number of amides is 1. The van der Waals surface area contributed by atoms with Crippen LogP contribution in [-0.4, -0.2) is 29.4 Å². The monoisotopic (exact) mass is 387 g/mol. The lowest BCUT2D eigenvalue weighted by Gasteiger charge is -2.20. The topological polar surface area (TPSA) is 81.0 Å². The minimum Gasteiger partial charge on any atom is -0.337 e. The van der Waals surface area contributed by atoms with E-state index >= 15 is 0 Å². The van der Waals surface area contributed by atoms with Gasteiger partial charge < -0.3 is 15.5 Å². The van der Waals surface area contributed by atoms with Crippen molar-refractivity contribution in [3.8, 4) is 6.07 Å². The molecule has 0 atom stereocenters. The van der Waals surface area contributed by atoms with Gasteiger partial charge in [0.2, 0.25) is 0 Å². The summed E-state index contributed by atoms with van der Waals surface area (Å²) in [5.74, 6) is -0.494. The van der Waals surface area contributed by atoms with E-state index in [9.17, 15) is 10.1 Å². The number of halogens is 1. The number of nitrogens with zero attached hydrogens (tertiary/aromatic N) is 3. The van der Waals surface area contributed by atoms with E-state index in [4.69, 9.17) is 11.6 Å². The second-order valence-electron chi connectivity index (χ2n) is 6.06. The molecule has 2 aromatic rings. The van der Waals surface area contributed by atoms with E-state index in [0.29, 0.717) is 15.8 Å². The maximum atomic E-state index is 12.4. The number of carbonyl (C=O) groups excluding carboxylic acids is 1. The Morgan fingerprint density at radius 2 is 2.31 bits per heavy atom. The minimum absolute atomic E-state index is 0.0327. The molecule has 2 N–H and O–H groups in total. The van der Waals surface area contributed by atoms with Crippen LogP contribution in [0.2, 0.25) is 5.02 Å². The number of carbonyl (C=O) groups is 1. The van der Waals surface area contributed by atoms with Crippen molar-refractivity contribution in [2.24, 2.45) is 0 Å². The zero-order valence-electron chi connectivity index (χ0n) is 14.5. The van der Waals surface area contributed by atoms with Gasteiger partial charge in [-0.3, -0.25) is 4.79 Å². The Bertz CT molecular complexity index is 915. The highest BCUT2D eigenvalue weighted by Gasteiger charge is 2.18. The van der Waals surface area contributed by atoms with Gasteiger partial charge in [0.15, 0.2) is 5.13 Å². The van der Waals surface area contributed by atoms with E-state index < -0.39 is 5.91 Å². The molecule has 0 spiro atoms. The Balaban J connectivity index is 1.71. The predicted molar refractivity (Wildman–Crippen MR) is 104 cm³/mol. The second kappa shape index (κ2) is 7.87. The molecule has 0 bridgehead atoms. The summed E-state index contributed by atoms with van der Waals surface area (Å²) >= 11 is 7.60. The number of rotatable bonds is 4. The fourth-order valence-electron chi connectivity index (χ4n) is 2.60. The fraction of sp³-hybridized carbons (Fsp3) is 0.278. The molecule has 134 valence electrons. The van der Waals surface area contributed by atoms with Crippen molar-refractivity contribution in [1.82, 2.24) is 9.88 Å². The highest BCUT2D eigenvalue weighted by molar-refractivity contribution is 7.15. The molecule has 6 nitrogen and oxygen atoms in total. The van der Waals surface area contributed by atoms with Crippen LogP contribution in [0.5, 0.6) is 0 Å². The van der Waals surface area contributed by atoms with Crippen LogP contribution in [0.25, 0.3) is 0 Å². The van der Waals surface area contributed by atoms with Crippen LogP contribution in [0, 0.1) is 18.3 Å². The first-order valence-corrected chi connectivity index (χ1v) is 9.27. The zero-order valence-corrected chi connectivity index (χ0v) is 16.0. The molecule has 1 amide bonds. The van der Waals surface area contributed by atoms with E-state index in [1.54, 1.807) is 29.5 Å². The molecule has 1 aromatic carbocycles. The SMILES string of the molecule is Cc1c(Cl)cccc1NC(=O)/C(C#N)=C\Nc1nc2c(s1)CN(C)CC2. The maximum absolute atomic E-state index is 12.4. The highest BCUT2D eigenvalue weighted by Crippen LogP contribution is 2.28. The summed E-state index contributed by atoms with van der Waals surface area (Å²) in [6.45, 7) is 3.66. The van der Waals surface area contributed by atoms with Gasteiger partial charge in [-0.05, 0) is 31.7 Å². The largest absolute Gasteiger partial charge is 0.337 e. The van der Waals surface area contributed by atoms with Crippen LogP contribution in [-0.2, 0) is 17.8 Å². The predicted octanol–water partition coefficient (Wildman–Crippen LogP) is 3.55. The van der Waals surface area contributed by atoms with Gasteiger partial charge in [-0.1, -0.05) is 17.7 Å². The number of benzene rings is 1. The Kier molecular flexibility index (Phi) is 5.57. The highest BCUT2D eigenvalue weighted by atomic mass is 35.5. The standard InChI is InChI=1S/C18H18ClN5OS/c1-11-13(19)4-3-5-14(11)22-17(25)12(8-20)9-21-18-23-15-6-7-24(2)10-16(15)26-18/h3-5,9H,6-7,10H2,1-2H3,(H,21,23)(H,22,25)/b12-9-. The summed E-state index contributed by atoms with van der Waals surface area (Å²) in [6, 6.07) is 7.15. The number of anilines is 2. The quantitative estimate of drug-likeness (QED) is 0.619. The fourth-order valence-corrected chi connectivity index (χ4v) is 3.83. The van der Waals surface area contributed by atoms with E-state index in [2.05, 4.69) is 27.6 Å². The first-order chi connectivity index (χ1) is 12.5. The van der Waals surface area contributed by atoms with Crippen molar-refractivity contribution in [2.75, 3.05) is 24.2 Å². The summed E-state index contributed by atoms with van der Waals surface area (Å²) in [4.78, 5) is 20.3. The molecule has 0 unspecified atom stereocenters. The average Bonchev–Trinajstić information content (AvgIpc) is 3.01. The lowest BCUT2D eigenvalue weighted by atomic mass is 10.2.